The molecule has 0 aliphatic heterocycles. The Labute approximate surface area is 113 Å². The van der Waals surface area contributed by atoms with Gasteiger partial charge in [0.25, 0.3) is 0 Å². The highest BCUT2D eigenvalue weighted by molar-refractivity contribution is 5.49. The lowest BCUT2D eigenvalue weighted by molar-refractivity contribution is -0.0783. The Hall–Kier alpha value is -0.880. The van der Waals surface area contributed by atoms with Gasteiger partial charge >= 0.3 is 6.21 Å². The predicted octanol–water partition coefficient (Wildman–Crippen LogP) is 5.56. The molecule has 0 fully saturated rings. The quantitative estimate of drug-likeness (QED) is 0.199. The zero-order valence-corrected chi connectivity index (χ0v) is 12.6. The lowest BCUT2D eigenvalue weighted by Crippen LogP contribution is -1.83. The molecule has 104 valence electrons. The van der Waals surface area contributed by atoms with Gasteiger partial charge in [0.2, 0.25) is 0 Å². The normalized spacial score (nSPS) is 11.2. The summed E-state index contributed by atoms with van der Waals surface area (Å²) in [4.78, 5) is 4.16. The largest absolute Gasteiger partial charge is 0.307 e. The van der Waals surface area contributed by atoms with E-state index in [2.05, 4.69) is 29.8 Å². The van der Waals surface area contributed by atoms with E-state index < -0.39 is 0 Å². The van der Waals surface area contributed by atoms with Gasteiger partial charge in [-0.15, -0.1) is 0 Å². The van der Waals surface area contributed by atoms with Gasteiger partial charge in [-0.2, -0.15) is 0 Å². The average Bonchev–Trinajstić information content (AvgIpc) is 2.40. The minimum absolute atomic E-state index is 1.06. The SMILES string of the molecule is CC=C(CCCC)N=[N+]=CCCCCCCCC. The van der Waals surface area contributed by atoms with Crippen LogP contribution >= 0.6 is 0 Å². The summed E-state index contributed by atoms with van der Waals surface area (Å²) in [5.74, 6) is 0. The van der Waals surface area contributed by atoms with Gasteiger partial charge in [-0.05, 0) is 26.2 Å². The van der Waals surface area contributed by atoms with Crippen LogP contribution in [0.3, 0.4) is 0 Å². The van der Waals surface area contributed by atoms with Crippen molar-refractivity contribution >= 4 is 6.21 Å². The van der Waals surface area contributed by atoms with Crippen LogP contribution in [-0.4, -0.2) is 11.0 Å². The standard InChI is InChI=1S/C16H31N2/c1-4-7-9-10-11-12-13-15-17-18-16(6-3)14-8-5-2/h6,15H,4-5,7-14H2,1-3H3/q+1. The number of hydrogen-bond donors (Lipinski definition) is 0. The molecule has 18 heavy (non-hydrogen) atoms. The number of rotatable bonds is 11. The number of nitrogens with zero attached hydrogens (tertiary/aromatic N) is 2. The van der Waals surface area contributed by atoms with Gasteiger partial charge in [-0.3, -0.25) is 0 Å². The van der Waals surface area contributed by atoms with Crippen LogP contribution in [0.15, 0.2) is 16.9 Å². The van der Waals surface area contributed by atoms with E-state index in [0.29, 0.717) is 0 Å². The molecule has 0 radical (unpaired) electrons. The summed E-state index contributed by atoms with van der Waals surface area (Å²) in [6.45, 7) is 6.50. The number of unbranched alkanes of at least 4 members (excludes halogenated alkanes) is 7. The van der Waals surface area contributed by atoms with E-state index in [1.54, 1.807) is 0 Å². The smallest absolute Gasteiger partial charge is 0.0654 e. The summed E-state index contributed by atoms with van der Waals surface area (Å²) < 4.78 is 0. The molecular weight excluding hydrogens is 220 g/mol. The van der Waals surface area contributed by atoms with Crippen LogP contribution in [-0.2, 0) is 0 Å². The van der Waals surface area contributed by atoms with Gasteiger partial charge in [-0.1, -0.05) is 58.4 Å². The first kappa shape index (κ1) is 17.1. The van der Waals surface area contributed by atoms with Crippen molar-refractivity contribution in [2.24, 2.45) is 5.11 Å². The minimum atomic E-state index is 1.06. The summed E-state index contributed by atoms with van der Waals surface area (Å²) in [5.41, 5.74) is 1.12. The van der Waals surface area contributed by atoms with Crippen LogP contribution in [0.5, 0.6) is 0 Å². The third-order valence-corrected chi connectivity index (χ3v) is 3.07. The van der Waals surface area contributed by atoms with E-state index in [1.807, 2.05) is 13.1 Å². The first-order chi connectivity index (χ1) is 8.85. The third-order valence-electron chi connectivity index (χ3n) is 3.07. The zero-order valence-electron chi connectivity index (χ0n) is 12.6. The molecule has 0 aliphatic rings. The van der Waals surface area contributed by atoms with E-state index in [4.69, 9.17) is 0 Å². The van der Waals surface area contributed by atoms with Crippen LogP contribution in [0.1, 0.15) is 85.0 Å². The van der Waals surface area contributed by atoms with Crippen molar-refractivity contribution in [3.05, 3.63) is 11.8 Å². The summed E-state index contributed by atoms with van der Waals surface area (Å²) >= 11 is 0. The van der Waals surface area contributed by atoms with Crippen molar-refractivity contribution in [2.45, 2.75) is 85.0 Å². The maximum atomic E-state index is 4.26. The first-order valence-electron chi connectivity index (χ1n) is 7.72. The summed E-state index contributed by atoms with van der Waals surface area (Å²) in [6, 6.07) is 0. The second-order valence-electron chi connectivity index (χ2n) is 4.84. The van der Waals surface area contributed by atoms with Crippen molar-refractivity contribution in [1.29, 1.82) is 0 Å². The van der Waals surface area contributed by atoms with Crippen LogP contribution < -0.4 is 0 Å². The van der Waals surface area contributed by atoms with Crippen LogP contribution in [0, 0.1) is 0 Å². The summed E-state index contributed by atoms with van der Waals surface area (Å²) in [5, 5.41) is 4.26. The fourth-order valence-electron chi connectivity index (χ4n) is 1.80. The summed E-state index contributed by atoms with van der Waals surface area (Å²) in [6.07, 6.45) is 16.6. The van der Waals surface area contributed by atoms with Crippen molar-refractivity contribution in [3.63, 3.8) is 0 Å². The van der Waals surface area contributed by atoms with Crippen LogP contribution in [0.25, 0.3) is 0 Å². The fraction of sp³-hybridized carbons (Fsp3) is 0.812. The molecule has 0 heterocycles. The molecule has 2 nitrogen and oxygen atoms in total. The number of hydrogen-bond acceptors (Lipinski definition) is 1. The lowest BCUT2D eigenvalue weighted by atomic mass is 10.1. The van der Waals surface area contributed by atoms with Gasteiger partial charge in [0.1, 0.15) is 10.8 Å². The molecule has 0 spiro atoms. The van der Waals surface area contributed by atoms with Gasteiger partial charge < -0.3 is 0 Å². The topological polar surface area (TPSA) is 26.5 Å². The molecule has 0 aromatic heterocycles. The molecule has 0 atom stereocenters. The van der Waals surface area contributed by atoms with E-state index in [-0.39, 0.29) is 0 Å². The monoisotopic (exact) mass is 251 g/mol. The Bertz CT molecular complexity index is 260. The Morgan fingerprint density at radius 3 is 2.28 bits per heavy atom. The molecular formula is C16H31N2+. The highest BCUT2D eigenvalue weighted by Crippen LogP contribution is 2.07. The molecule has 0 aromatic carbocycles. The van der Waals surface area contributed by atoms with Gasteiger partial charge in [0.15, 0.2) is 0 Å². The lowest BCUT2D eigenvalue weighted by Gasteiger charge is -1.95. The molecule has 0 amide bonds. The second kappa shape index (κ2) is 14.2. The number of allylic oxidation sites excluding steroid dienone is 2. The zero-order chi connectivity index (χ0) is 13.5. The average molecular weight is 251 g/mol. The van der Waals surface area contributed by atoms with Gasteiger partial charge in [0, 0.05) is 6.42 Å². The Morgan fingerprint density at radius 2 is 1.61 bits per heavy atom. The second-order valence-corrected chi connectivity index (χ2v) is 4.84. The van der Waals surface area contributed by atoms with Gasteiger partial charge in [-0.25, -0.2) is 0 Å². The maximum absolute atomic E-state index is 4.26. The molecule has 0 unspecified atom stereocenters. The highest BCUT2D eigenvalue weighted by atomic mass is 15.0. The molecule has 0 saturated carbocycles. The first-order valence-corrected chi connectivity index (χ1v) is 7.72. The van der Waals surface area contributed by atoms with E-state index in [0.717, 1.165) is 18.5 Å². The molecule has 0 bridgehead atoms. The maximum Gasteiger partial charge on any atom is 0.307 e. The Kier molecular flexibility index (Phi) is 13.5. The highest BCUT2D eigenvalue weighted by Gasteiger charge is 1.97. The molecule has 0 aromatic rings. The van der Waals surface area contributed by atoms with E-state index in [9.17, 15) is 0 Å². The van der Waals surface area contributed by atoms with E-state index in [1.165, 1.54) is 51.4 Å². The predicted molar refractivity (Wildman–Crippen MR) is 80.0 cm³/mol. The molecule has 2 heteroatoms. The fourth-order valence-corrected chi connectivity index (χ4v) is 1.80. The van der Waals surface area contributed by atoms with Crippen molar-refractivity contribution in [2.75, 3.05) is 0 Å². The molecule has 0 N–H and O–H groups in total. The molecule has 0 saturated heterocycles. The van der Waals surface area contributed by atoms with Crippen LogP contribution in [0.4, 0.5) is 0 Å². The minimum Gasteiger partial charge on any atom is -0.0654 e. The van der Waals surface area contributed by atoms with Crippen molar-refractivity contribution in [3.8, 4) is 0 Å². The third kappa shape index (κ3) is 11.6. The van der Waals surface area contributed by atoms with Crippen molar-refractivity contribution in [1.82, 2.24) is 0 Å². The Balaban J connectivity index is 3.60. The molecule has 0 rings (SSSR count). The Morgan fingerprint density at radius 1 is 0.944 bits per heavy atom. The van der Waals surface area contributed by atoms with Gasteiger partial charge in [0.05, 0.1) is 4.79 Å². The summed E-state index contributed by atoms with van der Waals surface area (Å²) in [7, 11) is 0. The van der Waals surface area contributed by atoms with Crippen LogP contribution in [0.2, 0.25) is 0 Å². The van der Waals surface area contributed by atoms with E-state index >= 15 is 0 Å². The van der Waals surface area contributed by atoms with Crippen molar-refractivity contribution < 1.29 is 4.79 Å². The molecule has 0 aliphatic carbocycles.